The number of hydrogen-bond acceptors (Lipinski definition) is 4. The summed E-state index contributed by atoms with van der Waals surface area (Å²) in [6, 6.07) is 1.51. The summed E-state index contributed by atoms with van der Waals surface area (Å²) in [6.45, 7) is 5.06. The number of fused-ring (bicyclic) bond motifs is 1. The van der Waals surface area contributed by atoms with Crippen LogP contribution >= 0.6 is 0 Å². The molecular formula is C21H25FN2O3. The molecule has 1 atom stereocenters. The number of methoxy groups -OCH3 is 1. The second-order valence-corrected chi connectivity index (χ2v) is 7.90. The molecule has 2 aliphatic rings. The number of ether oxygens (including phenoxy) is 1. The molecule has 0 N–H and O–H groups in total. The summed E-state index contributed by atoms with van der Waals surface area (Å²) in [4.78, 5) is 26.8. The Kier molecular flexibility index (Phi) is 4.44. The minimum atomic E-state index is -0.464. The maximum absolute atomic E-state index is 15.2. The number of carbonyl (C=O) groups excluding carboxylic acids is 1. The number of piperidine rings is 1. The van der Waals surface area contributed by atoms with E-state index < -0.39 is 11.2 Å². The smallest absolute Gasteiger partial charge is 0.200 e. The molecule has 5 nitrogen and oxygen atoms in total. The van der Waals surface area contributed by atoms with Gasteiger partial charge in [0.25, 0.3) is 0 Å². The van der Waals surface area contributed by atoms with Crippen LogP contribution in [0.15, 0.2) is 17.1 Å². The Labute approximate surface area is 157 Å². The Morgan fingerprint density at radius 3 is 2.63 bits per heavy atom. The van der Waals surface area contributed by atoms with Gasteiger partial charge in [-0.2, -0.15) is 0 Å². The summed E-state index contributed by atoms with van der Waals surface area (Å²) in [5.74, 6) is 0.112. The van der Waals surface area contributed by atoms with Crippen LogP contribution in [0.25, 0.3) is 10.9 Å². The summed E-state index contributed by atoms with van der Waals surface area (Å²) in [5, 5.41) is 0.220. The average Bonchev–Trinajstić information content (AvgIpc) is 3.46. The summed E-state index contributed by atoms with van der Waals surface area (Å²) >= 11 is 0. The van der Waals surface area contributed by atoms with E-state index in [1.807, 2.05) is 9.47 Å². The van der Waals surface area contributed by atoms with Crippen molar-refractivity contribution < 1.29 is 13.9 Å². The molecule has 2 heterocycles. The normalized spacial score (nSPS) is 20.1. The number of pyridine rings is 1. The third-order valence-corrected chi connectivity index (χ3v) is 5.70. The molecule has 6 heteroatoms. The Bertz CT molecular complexity index is 978. The Morgan fingerprint density at radius 1 is 1.30 bits per heavy atom. The maximum Gasteiger partial charge on any atom is 0.200 e. The molecule has 1 unspecified atom stereocenters. The number of carbonyl (C=O) groups is 1. The van der Waals surface area contributed by atoms with Crippen LogP contribution in [-0.2, 0) is 0 Å². The van der Waals surface area contributed by atoms with Gasteiger partial charge in [-0.15, -0.1) is 0 Å². The van der Waals surface area contributed by atoms with Gasteiger partial charge in [0.15, 0.2) is 22.8 Å². The number of benzene rings is 1. The molecule has 1 saturated heterocycles. The molecule has 27 heavy (non-hydrogen) atoms. The van der Waals surface area contributed by atoms with Gasteiger partial charge in [-0.05, 0) is 44.6 Å². The third-order valence-electron chi connectivity index (χ3n) is 5.70. The lowest BCUT2D eigenvalue weighted by atomic mass is 9.98. The van der Waals surface area contributed by atoms with E-state index in [1.54, 1.807) is 6.20 Å². The number of ketones is 1. The SMILES string of the molecule is COc1c(N2CCCC(C)C2)c(F)cc2c(=O)c(C(C)=O)cn(C3CC3)c12. The highest BCUT2D eigenvalue weighted by molar-refractivity contribution is 5.99. The molecule has 4 rings (SSSR count). The van der Waals surface area contributed by atoms with E-state index in [2.05, 4.69) is 6.92 Å². The van der Waals surface area contributed by atoms with E-state index in [-0.39, 0.29) is 22.8 Å². The van der Waals surface area contributed by atoms with Gasteiger partial charge in [-0.3, -0.25) is 9.59 Å². The third kappa shape index (κ3) is 3.01. The van der Waals surface area contributed by atoms with Gasteiger partial charge < -0.3 is 14.2 Å². The zero-order valence-electron chi connectivity index (χ0n) is 16.0. The summed E-state index contributed by atoms with van der Waals surface area (Å²) in [7, 11) is 1.52. The van der Waals surface area contributed by atoms with Crippen molar-refractivity contribution in [1.29, 1.82) is 0 Å². The highest BCUT2D eigenvalue weighted by atomic mass is 19.1. The lowest BCUT2D eigenvalue weighted by molar-refractivity contribution is 0.101. The first-order valence-corrected chi connectivity index (χ1v) is 9.63. The van der Waals surface area contributed by atoms with Gasteiger partial charge in [0.1, 0.15) is 5.69 Å². The number of aromatic nitrogens is 1. The van der Waals surface area contributed by atoms with E-state index in [0.29, 0.717) is 22.9 Å². The number of rotatable bonds is 4. The minimum Gasteiger partial charge on any atom is -0.492 e. The van der Waals surface area contributed by atoms with Crippen molar-refractivity contribution in [3.05, 3.63) is 33.9 Å². The van der Waals surface area contributed by atoms with Crippen molar-refractivity contribution in [2.75, 3.05) is 25.1 Å². The van der Waals surface area contributed by atoms with Crippen molar-refractivity contribution in [1.82, 2.24) is 4.57 Å². The second-order valence-electron chi connectivity index (χ2n) is 7.90. The molecule has 1 aromatic carbocycles. The quantitative estimate of drug-likeness (QED) is 0.764. The molecule has 1 aliphatic carbocycles. The minimum absolute atomic E-state index is 0.107. The molecule has 1 aliphatic heterocycles. The maximum atomic E-state index is 15.2. The van der Waals surface area contributed by atoms with Crippen LogP contribution in [0.1, 0.15) is 55.9 Å². The van der Waals surface area contributed by atoms with Gasteiger partial charge >= 0.3 is 0 Å². The van der Waals surface area contributed by atoms with Crippen molar-refractivity contribution in [3.63, 3.8) is 0 Å². The highest BCUT2D eigenvalue weighted by Gasteiger charge is 2.31. The Morgan fingerprint density at radius 2 is 2.04 bits per heavy atom. The molecule has 0 spiro atoms. The topological polar surface area (TPSA) is 51.5 Å². The fourth-order valence-corrected chi connectivity index (χ4v) is 4.22. The fourth-order valence-electron chi connectivity index (χ4n) is 4.22. The van der Waals surface area contributed by atoms with E-state index >= 15 is 4.39 Å². The molecule has 2 fully saturated rings. The van der Waals surface area contributed by atoms with Crippen LogP contribution in [-0.4, -0.2) is 30.5 Å². The molecule has 0 radical (unpaired) electrons. The Balaban J connectivity index is 2.03. The van der Waals surface area contributed by atoms with Crippen LogP contribution in [0.5, 0.6) is 5.75 Å². The van der Waals surface area contributed by atoms with E-state index in [4.69, 9.17) is 4.74 Å². The first-order valence-electron chi connectivity index (χ1n) is 9.63. The summed E-state index contributed by atoms with van der Waals surface area (Å²) < 4.78 is 22.8. The van der Waals surface area contributed by atoms with Gasteiger partial charge in [0.2, 0.25) is 0 Å². The number of anilines is 1. The largest absolute Gasteiger partial charge is 0.492 e. The highest BCUT2D eigenvalue weighted by Crippen LogP contribution is 2.44. The monoisotopic (exact) mass is 372 g/mol. The van der Waals surface area contributed by atoms with Gasteiger partial charge in [-0.1, -0.05) is 6.92 Å². The second kappa shape index (κ2) is 6.66. The zero-order chi connectivity index (χ0) is 19.3. The predicted molar refractivity (Wildman–Crippen MR) is 104 cm³/mol. The first-order chi connectivity index (χ1) is 12.9. The number of Topliss-reactive ketones (excluding diaryl/α,β-unsaturated/α-hetero) is 1. The van der Waals surface area contributed by atoms with Crippen molar-refractivity contribution in [2.45, 2.75) is 45.6 Å². The molecule has 0 amide bonds. The summed E-state index contributed by atoms with van der Waals surface area (Å²) in [5.41, 5.74) is 0.714. The molecule has 1 aromatic heterocycles. The van der Waals surface area contributed by atoms with Crippen molar-refractivity contribution in [2.24, 2.45) is 5.92 Å². The standard InChI is InChI=1S/C21H25FN2O3/c1-12-5-4-8-23(10-12)19-17(22)9-15-18(21(19)27-3)24(14-6-7-14)11-16(13(2)25)20(15)26/h9,11-12,14H,4-8,10H2,1-3H3. The predicted octanol–water partition coefficient (Wildman–Crippen LogP) is 3.92. The fraction of sp³-hybridized carbons (Fsp3) is 0.524. The summed E-state index contributed by atoms with van der Waals surface area (Å²) in [6.07, 6.45) is 5.72. The van der Waals surface area contributed by atoms with Crippen molar-refractivity contribution >= 4 is 22.4 Å². The number of hydrogen-bond donors (Lipinski definition) is 0. The van der Waals surface area contributed by atoms with Crippen LogP contribution < -0.4 is 15.1 Å². The van der Waals surface area contributed by atoms with Crippen LogP contribution in [0.3, 0.4) is 0 Å². The van der Waals surface area contributed by atoms with Crippen LogP contribution in [0.2, 0.25) is 0 Å². The van der Waals surface area contributed by atoms with Crippen LogP contribution in [0, 0.1) is 11.7 Å². The first kappa shape index (κ1) is 18.0. The van der Waals surface area contributed by atoms with E-state index in [1.165, 1.54) is 20.1 Å². The lowest BCUT2D eigenvalue weighted by Crippen LogP contribution is -2.35. The Hall–Kier alpha value is -2.37. The molecular weight excluding hydrogens is 347 g/mol. The van der Waals surface area contributed by atoms with E-state index in [0.717, 1.165) is 38.8 Å². The van der Waals surface area contributed by atoms with Crippen LogP contribution in [0.4, 0.5) is 10.1 Å². The van der Waals surface area contributed by atoms with E-state index in [9.17, 15) is 9.59 Å². The van der Waals surface area contributed by atoms with Crippen molar-refractivity contribution in [3.8, 4) is 5.75 Å². The van der Waals surface area contributed by atoms with Gasteiger partial charge in [-0.25, -0.2) is 4.39 Å². The molecule has 1 saturated carbocycles. The molecule has 144 valence electrons. The number of nitrogens with zero attached hydrogens (tertiary/aromatic N) is 2. The van der Waals surface area contributed by atoms with Gasteiger partial charge in [0, 0.05) is 25.3 Å². The van der Waals surface area contributed by atoms with Gasteiger partial charge in [0.05, 0.1) is 23.6 Å². The zero-order valence-corrected chi connectivity index (χ0v) is 16.0. The molecule has 0 bridgehead atoms. The molecule has 2 aromatic rings. The lowest BCUT2D eigenvalue weighted by Gasteiger charge is -2.34. The number of halogens is 1. The average molecular weight is 372 g/mol.